The third-order valence-electron chi connectivity index (χ3n) is 2.08. The maximum Gasteiger partial charge on any atom is 0.335 e. The predicted octanol–water partition coefficient (Wildman–Crippen LogP) is 2.33. The van der Waals surface area contributed by atoms with Crippen LogP contribution in [0.2, 0.25) is 0 Å². The zero-order valence-electron chi connectivity index (χ0n) is 9.40. The molecule has 17 heavy (non-hydrogen) atoms. The highest BCUT2D eigenvalue weighted by Crippen LogP contribution is 2.19. The Morgan fingerprint density at radius 3 is 2.76 bits per heavy atom. The van der Waals surface area contributed by atoms with Gasteiger partial charge in [-0.1, -0.05) is 15.9 Å². The number of anilines is 1. The zero-order chi connectivity index (χ0) is 12.8. The van der Waals surface area contributed by atoms with E-state index in [0.717, 1.165) is 16.6 Å². The summed E-state index contributed by atoms with van der Waals surface area (Å²) in [6, 6.07) is 4.94. The number of hydrogen-bond acceptors (Lipinski definition) is 3. The van der Waals surface area contributed by atoms with Gasteiger partial charge in [0.15, 0.2) is 0 Å². The molecular formula is C11H14BrNO3S. The van der Waals surface area contributed by atoms with Crippen LogP contribution in [0.4, 0.5) is 5.69 Å². The first-order chi connectivity index (χ1) is 7.99. The highest BCUT2D eigenvalue weighted by Gasteiger charge is 2.05. The molecule has 0 saturated carbocycles. The quantitative estimate of drug-likeness (QED) is 0.790. The Morgan fingerprint density at radius 1 is 1.47 bits per heavy atom. The average Bonchev–Trinajstić information content (AvgIpc) is 2.23. The minimum Gasteiger partial charge on any atom is -0.478 e. The van der Waals surface area contributed by atoms with Gasteiger partial charge in [-0.05, 0) is 24.6 Å². The van der Waals surface area contributed by atoms with Gasteiger partial charge in [-0.3, -0.25) is 4.21 Å². The van der Waals surface area contributed by atoms with Crippen molar-refractivity contribution in [1.29, 1.82) is 0 Å². The van der Waals surface area contributed by atoms with E-state index in [0.29, 0.717) is 12.3 Å². The summed E-state index contributed by atoms with van der Waals surface area (Å²) in [5.74, 6) is -0.309. The molecule has 2 N–H and O–H groups in total. The summed E-state index contributed by atoms with van der Waals surface area (Å²) in [6.07, 6.45) is 2.46. The molecule has 0 spiro atoms. The molecule has 1 aromatic carbocycles. The number of carbonyl (C=O) groups is 1. The van der Waals surface area contributed by atoms with Crippen LogP contribution in [0, 0.1) is 0 Å². The number of hydrogen-bond donors (Lipinski definition) is 2. The fourth-order valence-corrected chi connectivity index (χ4v) is 2.37. The maximum absolute atomic E-state index is 10.9. The van der Waals surface area contributed by atoms with Gasteiger partial charge in [0.25, 0.3) is 0 Å². The number of halogens is 1. The molecule has 94 valence electrons. The lowest BCUT2D eigenvalue weighted by atomic mass is 10.2. The summed E-state index contributed by atoms with van der Waals surface area (Å²) >= 11 is 3.26. The fourth-order valence-electron chi connectivity index (χ4n) is 1.32. The number of nitrogens with one attached hydrogen (secondary N) is 1. The molecule has 6 heteroatoms. The Bertz CT molecular complexity index is 437. The van der Waals surface area contributed by atoms with Crippen LogP contribution in [0.3, 0.4) is 0 Å². The van der Waals surface area contributed by atoms with E-state index >= 15 is 0 Å². The third-order valence-corrected chi connectivity index (χ3v) is 3.40. The van der Waals surface area contributed by atoms with Crippen LogP contribution in [0.15, 0.2) is 22.7 Å². The Balaban J connectivity index is 2.59. The van der Waals surface area contributed by atoms with Crippen molar-refractivity contribution in [2.24, 2.45) is 0 Å². The number of aromatic carboxylic acids is 1. The topological polar surface area (TPSA) is 66.4 Å². The van der Waals surface area contributed by atoms with Crippen molar-refractivity contribution in [3.63, 3.8) is 0 Å². The van der Waals surface area contributed by atoms with E-state index in [1.807, 2.05) is 6.07 Å². The molecule has 1 rings (SSSR count). The van der Waals surface area contributed by atoms with Crippen molar-refractivity contribution in [1.82, 2.24) is 0 Å². The molecule has 0 saturated heterocycles. The maximum atomic E-state index is 10.9. The van der Waals surface area contributed by atoms with Crippen molar-refractivity contribution in [2.75, 3.05) is 23.9 Å². The van der Waals surface area contributed by atoms with Crippen molar-refractivity contribution < 1.29 is 14.1 Å². The van der Waals surface area contributed by atoms with Crippen LogP contribution in [0.5, 0.6) is 0 Å². The van der Waals surface area contributed by atoms with Crippen LogP contribution in [-0.2, 0) is 10.8 Å². The molecule has 0 heterocycles. The second kappa shape index (κ2) is 6.76. The molecule has 0 bridgehead atoms. The number of carboxylic acids is 1. The highest BCUT2D eigenvalue weighted by atomic mass is 79.9. The van der Waals surface area contributed by atoms with Crippen molar-refractivity contribution in [3.8, 4) is 0 Å². The largest absolute Gasteiger partial charge is 0.478 e. The highest BCUT2D eigenvalue weighted by molar-refractivity contribution is 9.10. The van der Waals surface area contributed by atoms with Crippen LogP contribution >= 0.6 is 15.9 Å². The Morgan fingerprint density at radius 2 is 2.18 bits per heavy atom. The summed E-state index contributed by atoms with van der Waals surface area (Å²) in [5.41, 5.74) is 0.986. The van der Waals surface area contributed by atoms with Gasteiger partial charge in [0.1, 0.15) is 0 Å². The Hall–Kier alpha value is -0.880. The fraction of sp³-hybridized carbons (Fsp3) is 0.364. The first kappa shape index (κ1) is 14.2. The molecule has 0 aliphatic carbocycles. The minimum absolute atomic E-state index is 0.237. The van der Waals surface area contributed by atoms with Crippen LogP contribution in [0.25, 0.3) is 0 Å². The summed E-state index contributed by atoms with van der Waals surface area (Å²) in [6.45, 7) is 0.676. The monoisotopic (exact) mass is 319 g/mol. The molecular weight excluding hydrogens is 306 g/mol. The van der Waals surface area contributed by atoms with E-state index in [2.05, 4.69) is 21.2 Å². The van der Waals surface area contributed by atoms with Crippen molar-refractivity contribution in [3.05, 3.63) is 28.2 Å². The van der Waals surface area contributed by atoms with Gasteiger partial charge in [0.2, 0.25) is 0 Å². The predicted molar refractivity (Wildman–Crippen MR) is 73.1 cm³/mol. The van der Waals surface area contributed by atoms with Crippen molar-refractivity contribution >= 4 is 38.4 Å². The van der Waals surface area contributed by atoms with Crippen LogP contribution < -0.4 is 5.32 Å². The molecule has 0 aromatic heterocycles. The molecule has 0 aliphatic heterocycles. The molecule has 0 radical (unpaired) electrons. The first-order valence-electron chi connectivity index (χ1n) is 5.07. The zero-order valence-corrected chi connectivity index (χ0v) is 11.8. The van der Waals surface area contributed by atoms with Crippen molar-refractivity contribution in [2.45, 2.75) is 6.42 Å². The van der Waals surface area contributed by atoms with Gasteiger partial charge in [-0.2, -0.15) is 0 Å². The smallest absolute Gasteiger partial charge is 0.335 e. The number of rotatable bonds is 6. The van der Waals surface area contributed by atoms with E-state index in [4.69, 9.17) is 5.11 Å². The molecule has 1 atom stereocenters. The molecule has 0 amide bonds. The molecule has 0 fully saturated rings. The minimum atomic E-state index is -0.955. The lowest BCUT2D eigenvalue weighted by Crippen LogP contribution is -2.07. The average molecular weight is 320 g/mol. The van der Waals surface area contributed by atoms with E-state index in [9.17, 15) is 9.00 Å². The lowest BCUT2D eigenvalue weighted by molar-refractivity contribution is 0.0697. The summed E-state index contributed by atoms with van der Waals surface area (Å²) < 4.78 is 11.6. The van der Waals surface area contributed by atoms with Gasteiger partial charge in [0.05, 0.1) is 5.56 Å². The van der Waals surface area contributed by atoms with Gasteiger partial charge >= 0.3 is 5.97 Å². The molecule has 4 nitrogen and oxygen atoms in total. The molecule has 0 aliphatic rings. The normalized spacial score (nSPS) is 12.1. The van der Waals surface area contributed by atoms with E-state index in [-0.39, 0.29) is 5.56 Å². The van der Waals surface area contributed by atoms with Crippen LogP contribution in [0.1, 0.15) is 16.8 Å². The van der Waals surface area contributed by atoms with Crippen LogP contribution in [-0.4, -0.2) is 33.8 Å². The van der Waals surface area contributed by atoms with Gasteiger partial charge in [-0.15, -0.1) is 0 Å². The third kappa shape index (κ3) is 5.32. The first-order valence-corrected chi connectivity index (χ1v) is 7.59. The summed E-state index contributed by atoms with van der Waals surface area (Å²) in [4.78, 5) is 10.8. The second-order valence-electron chi connectivity index (χ2n) is 3.59. The standard InChI is InChI=1S/C11H14BrNO3S/c1-17(16)4-2-3-13-10-6-8(11(14)15)5-9(12)7-10/h5-7,13H,2-4H2,1H3,(H,14,15). The van der Waals surface area contributed by atoms with Gasteiger partial charge in [0, 0.05) is 39.5 Å². The molecule has 1 aromatic rings. The van der Waals surface area contributed by atoms with Gasteiger partial charge in [-0.25, -0.2) is 4.79 Å². The number of carboxylic acid groups (broad SMARTS) is 1. The SMILES string of the molecule is CS(=O)CCCNc1cc(Br)cc(C(=O)O)c1. The lowest BCUT2D eigenvalue weighted by Gasteiger charge is -2.07. The van der Waals surface area contributed by atoms with E-state index in [1.165, 1.54) is 0 Å². The summed E-state index contributed by atoms with van der Waals surface area (Å²) in [7, 11) is -0.783. The summed E-state index contributed by atoms with van der Waals surface area (Å²) in [5, 5.41) is 12.0. The number of benzene rings is 1. The Kier molecular flexibility index (Phi) is 5.64. The van der Waals surface area contributed by atoms with Gasteiger partial charge < -0.3 is 10.4 Å². The molecule has 1 unspecified atom stereocenters. The van der Waals surface area contributed by atoms with E-state index < -0.39 is 16.8 Å². The second-order valence-corrected chi connectivity index (χ2v) is 6.06. The van der Waals surface area contributed by atoms with E-state index in [1.54, 1.807) is 18.4 Å². The Labute approximate surface area is 111 Å².